The summed E-state index contributed by atoms with van der Waals surface area (Å²) < 4.78 is 45.5. The SMILES string of the molecule is NCC1COc2cc(Cl)cc(-c3ccccc3C(F)(F)F)c2N1. The first-order valence-electron chi connectivity index (χ1n) is 6.99. The molecule has 2 aromatic carbocycles. The highest BCUT2D eigenvalue weighted by molar-refractivity contribution is 6.31. The molecule has 1 atom stereocenters. The zero-order valence-corrected chi connectivity index (χ0v) is 12.7. The summed E-state index contributed by atoms with van der Waals surface area (Å²) in [6.07, 6.45) is -4.46. The minimum absolute atomic E-state index is 0.0486. The molecule has 0 saturated heterocycles. The summed E-state index contributed by atoms with van der Waals surface area (Å²) in [6.45, 7) is 0.645. The Morgan fingerprint density at radius 1 is 1.22 bits per heavy atom. The number of ether oxygens (including phenoxy) is 1. The lowest BCUT2D eigenvalue weighted by Gasteiger charge is -2.29. The Kier molecular flexibility index (Phi) is 4.12. The maximum Gasteiger partial charge on any atom is 0.417 e. The number of benzene rings is 2. The number of halogens is 4. The van der Waals surface area contributed by atoms with Gasteiger partial charge in [-0.3, -0.25) is 0 Å². The highest BCUT2D eigenvalue weighted by Gasteiger charge is 2.34. The molecule has 0 aliphatic carbocycles. The third kappa shape index (κ3) is 3.09. The third-order valence-electron chi connectivity index (χ3n) is 3.66. The van der Waals surface area contributed by atoms with Gasteiger partial charge >= 0.3 is 6.18 Å². The summed E-state index contributed by atoms with van der Waals surface area (Å²) in [5.41, 5.74) is 5.78. The van der Waals surface area contributed by atoms with Crippen molar-refractivity contribution in [2.75, 3.05) is 18.5 Å². The maximum absolute atomic E-state index is 13.3. The second kappa shape index (κ2) is 5.94. The molecule has 3 rings (SSSR count). The minimum atomic E-state index is -4.46. The summed E-state index contributed by atoms with van der Waals surface area (Å²) in [5, 5.41) is 3.45. The van der Waals surface area contributed by atoms with E-state index in [-0.39, 0.29) is 11.6 Å². The predicted octanol–water partition coefficient (Wildman–Crippen LogP) is 4.16. The number of nitrogens with one attached hydrogen (secondary N) is 1. The van der Waals surface area contributed by atoms with Gasteiger partial charge in [-0.1, -0.05) is 29.8 Å². The van der Waals surface area contributed by atoms with Crippen LogP contribution in [0, 0.1) is 0 Å². The van der Waals surface area contributed by atoms with Crippen molar-refractivity contribution in [1.29, 1.82) is 0 Å². The van der Waals surface area contributed by atoms with Crippen molar-refractivity contribution in [3.8, 4) is 16.9 Å². The highest BCUT2D eigenvalue weighted by Crippen LogP contribution is 2.45. The number of rotatable bonds is 2. The maximum atomic E-state index is 13.3. The van der Waals surface area contributed by atoms with Gasteiger partial charge in [-0.15, -0.1) is 0 Å². The summed E-state index contributed by atoms with van der Waals surface area (Å²) in [4.78, 5) is 0. The number of hydrogen-bond acceptors (Lipinski definition) is 3. The fourth-order valence-corrected chi connectivity index (χ4v) is 2.79. The number of alkyl halides is 3. The van der Waals surface area contributed by atoms with E-state index in [1.807, 2.05) is 0 Å². The van der Waals surface area contributed by atoms with Gasteiger partial charge in [0.1, 0.15) is 12.4 Å². The van der Waals surface area contributed by atoms with Crippen LogP contribution >= 0.6 is 11.6 Å². The molecule has 0 spiro atoms. The zero-order chi connectivity index (χ0) is 16.6. The van der Waals surface area contributed by atoms with Gasteiger partial charge in [0.25, 0.3) is 0 Å². The standard InChI is InChI=1S/C16H14ClF3N2O/c17-9-5-12(11-3-1-2-4-13(11)16(18,19)20)15-14(6-9)23-8-10(7-21)22-15/h1-6,10,22H,7-8,21H2. The molecule has 1 aliphatic rings. The van der Waals surface area contributed by atoms with Crippen LogP contribution in [0.25, 0.3) is 11.1 Å². The number of hydrogen-bond donors (Lipinski definition) is 2. The van der Waals surface area contributed by atoms with E-state index in [9.17, 15) is 13.2 Å². The van der Waals surface area contributed by atoms with Crippen molar-refractivity contribution in [3.63, 3.8) is 0 Å². The molecule has 7 heteroatoms. The lowest BCUT2D eigenvalue weighted by atomic mass is 9.96. The molecular formula is C16H14ClF3N2O. The molecule has 1 heterocycles. The smallest absolute Gasteiger partial charge is 0.417 e. The molecule has 3 N–H and O–H groups in total. The largest absolute Gasteiger partial charge is 0.489 e. The summed E-state index contributed by atoms with van der Waals surface area (Å²) in [5.74, 6) is 0.425. The Morgan fingerprint density at radius 2 is 1.96 bits per heavy atom. The number of fused-ring (bicyclic) bond motifs is 1. The van der Waals surface area contributed by atoms with Crippen molar-refractivity contribution in [1.82, 2.24) is 0 Å². The van der Waals surface area contributed by atoms with Crippen LogP contribution in [0.5, 0.6) is 5.75 Å². The van der Waals surface area contributed by atoms with Gasteiger partial charge in [0.2, 0.25) is 0 Å². The Labute approximate surface area is 136 Å². The summed E-state index contributed by atoms with van der Waals surface area (Å²) in [6, 6.07) is 8.30. The van der Waals surface area contributed by atoms with Gasteiger partial charge in [0.05, 0.1) is 17.3 Å². The van der Waals surface area contributed by atoms with Crippen molar-refractivity contribution in [2.24, 2.45) is 5.73 Å². The monoisotopic (exact) mass is 342 g/mol. The number of nitrogens with two attached hydrogens (primary N) is 1. The van der Waals surface area contributed by atoms with Crippen LogP contribution in [-0.2, 0) is 6.18 Å². The first kappa shape index (κ1) is 16.0. The van der Waals surface area contributed by atoms with E-state index in [0.29, 0.717) is 35.2 Å². The molecule has 0 amide bonds. The van der Waals surface area contributed by atoms with E-state index in [2.05, 4.69) is 5.32 Å². The van der Waals surface area contributed by atoms with Gasteiger partial charge in [0.15, 0.2) is 0 Å². The molecule has 0 radical (unpaired) electrons. The van der Waals surface area contributed by atoms with Crippen molar-refractivity contribution >= 4 is 17.3 Å². The summed E-state index contributed by atoms with van der Waals surface area (Å²) in [7, 11) is 0. The van der Waals surface area contributed by atoms with Crippen LogP contribution in [-0.4, -0.2) is 19.2 Å². The Bertz CT molecular complexity index is 734. The first-order valence-corrected chi connectivity index (χ1v) is 7.37. The van der Waals surface area contributed by atoms with Gasteiger partial charge < -0.3 is 15.8 Å². The van der Waals surface area contributed by atoms with E-state index < -0.39 is 11.7 Å². The van der Waals surface area contributed by atoms with Gasteiger partial charge in [-0.25, -0.2) is 0 Å². The summed E-state index contributed by atoms with van der Waals surface area (Å²) >= 11 is 6.05. The second-order valence-electron chi connectivity index (χ2n) is 5.26. The first-order chi connectivity index (χ1) is 10.9. The van der Waals surface area contributed by atoms with Crippen LogP contribution in [0.2, 0.25) is 5.02 Å². The molecule has 3 nitrogen and oxygen atoms in total. The van der Waals surface area contributed by atoms with Gasteiger partial charge in [-0.05, 0) is 17.7 Å². The second-order valence-corrected chi connectivity index (χ2v) is 5.69. The van der Waals surface area contributed by atoms with Gasteiger partial charge in [0, 0.05) is 23.2 Å². The van der Waals surface area contributed by atoms with Crippen molar-refractivity contribution in [2.45, 2.75) is 12.2 Å². The fraction of sp³-hybridized carbons (Fsp3) is 0.250. The highest BCUT2D eigenvalue weighted by atomic mass is 35.5. The van der Waals surface area contributed by atoms with E-state index in [4.69, 9.17) is 22.1 Å². The molecule has 0 bridgehead atoms. The van der Waals surface area contributed by atoms with E-state index in [1.54, 1.807) is 12.1 Å². The predicted molar refractivity (Wildman–Crippen MR) is 83.9 cm³/mol. The average Bonchev–Trinajstić information content (AvgIpc) is 2.53. The Balaban J connectivity index is 2.20. The molecule has 1 aliphatic heterocycles. The van der Waals surface area contributed by atoms with Crippen LogP contribution < -0.4 is 15.8 Å². The molecule has 0 aromatic heterocycles. The molecule has 2 aromatic rings. The Morgan fingerprint density at radius 3 is 2.65 bits per heavy atom. The zero-order valence-electron chi connectivity index (χ0n) is 12.0. The van der Waals surface area contributed by atoms with Crippen LogP contribution in [0.4, 0.5) is 18.9 Å². The minimum Gasteiger partial charge on any atom is -0.489 e. The number of anilines is 1. The molecular weight excluding hydrogens is 329 g/mol. The van der Waals surface area contributed by atoms with E-state index in [0.717, 1.165) is 6.07 Å². The molecule has 23 heavy (non-hydrogen) atoms. The van der Waals surface area contributed by atoms with Crippen LogP contribution in [0.15, 0.2) is 36.4 Å². The van der Waals surface area contributed by atoms with Crippen LogP contribution in [0.3, 0.4) is 0 Å². The third-order valence-corrected chi connectivity index (χ3v) is 3.88. The average molecular weight is 343 g/mol. The van der Waals surface area contributed by atoms with E-state index >= 15 is 0 Å². The molecule has 0 saturated carbocycles. The fourth-order valence-electron chi connectivity index (χ4n) is 2.59. The Hall–Kier alpha value is -1.92. The molecule has 0 fully saturated rings. The normalized spacial score (nSPS) is 17.2. The lowest BCUT2D eigenvalue weighted by molar-refractivity contribution is -0.137. The van der Waals surface area contributed by atoms with Crippen molar-refractivity contribution < 1.29 is 17.9 Å². The topological polar surface area (TPSA) is 47.3 Å². The van der Waals surface area contributed by atoms with E-state index in [1.165, 1.54) is 18.2 Å². The quantitative estimate of drug-likeness (QED) is 0.861. The van der Waals surface area contributed by atoms with Crippen molar-refractivity contribution in [3.05, 3.63) is 47.0 Å². The molecule has 122 valence electrons. The molecule has 1 unspecified atom stereocenters. The lowest BCUT2D eigenvalue weighted by Crippen LogP contribution is -2.37. The van der Waals surface area contributed by atoms with Gasteiger partial charge in [-0.2, -0.15) is 13.2 Å². The van der Waals surface area contributed by atoms with Crippen LogP contribution in [0.1, 0.15) is 5.56 Å².